The summed E-state index contributed by atoms with van der Waals surface area (Å²) >= 11 is 0. The van der Waals surface area contributed by atoms with Gasteiger partial charge in [0.05, 0.1) is 0 Å². The first-order valence-electron chi connectivity index (χ1n) is 6.88. The van der Waals surface area contributed by atoms with E-state index in [9.17, 15) is 0 Å². The van der Waals surface area contributed by atoms with Crippen molar-refractivity contribution in [2.75, 3.05) is 6.54 Å². The van der Waals surface area contributed by atoms with Gasteiger partial charge in [0.15, 0.2) is 0 Å². The molecule has 3 heteroatoms. The topological polar surface area (TPSA) is 29.9 Å². The van der Waals surface area contributed by atoms with Crippen LogP contribution in [-0.2, 0) is 13.5 Å². The van der Waals surface area contributed by atoms with Gasteiger partial charge in [-0.15, -0.1) is 0 Å². The minimum absolute atomic E-state index is 0.622. The van der Waals surface area contributed by atoms with E-state index in [2.05, 4.69) is 42.7 Å². The first kappa shape index (κ1) is 14.2. The van der Waals surface area contributed by atoms with Gasteiger partial charge in [-0.05, 0) is 25.3 Å². The maximum absolute atomic E-state index is 4.39. The van der Waals surface area contributed by atoms with Crippen molar-refractivity contribution >= 4 is 0 Å². The van der Waals surface area contributed by atoms with Gasteiger partial charge in [0, 0.05) is 31.9 Å². The summed E-state index contributed by atoms with van der Waals surface area (Å²) in [6, 6.07) is 0.622. The molecule has 2 atom stereocenters. The fourth-order valence-electron chi connectivity index (χ4n) is 2.12. The molecule has 0 aliphatic rings. The first-order chi connectivity index (χ1) is 8.19. The highest BCUT2D eigenvalue weighted by Gasteiger charge is 2.15. The molecule has 98 valence electrons. The van der Waals surface area contributed by atoms with Crippen LogP contribution < -0.4 is 5.32 Å². The first-order valence-corrected chi connectivity index (χ1v) is 6.88. The highest BCUT2D eigenvalue weighted by atomic mass is 15.0. The summed E-state index contributed by atoms with van der Waals surface area (Å²) in [4.78, 5) is 4.39. The van der Waals surface area contributed by atoms with Gasteiger partial charge in [-0.25, -0.2) is 4.98 Å². The van der Waals surface area contributed by atoms with E-state index in [1.807, 2.05) is 12.4 Å². The average Bonchev–Trinajstić information content (AvgIpc) is 2.74. The Kier molecular flexibility index (Phi) is 6.27. The monoisotopic (exact) mass is 237 g/mol. The molecule has 0 amide bonds. The molecule has 0 aliphatic heterocycles. The Morgan fingerprint density at radius 2 is 2.18 bits per heavy atom. The number of nitrogens with zero attached hydrogens (tertiary/aromatic N) is 2. The SMILES string of the molecule is CCCNC(CCc1nccn1C)C(C)CC. The zero-order valence-corrected chi connectivity index (χ0v) is 11.7. The maximum atomic E-state index is 4.39. The van der Waals surface area contributed by atoms with Crippen LogP contribution in [0.15, 0.2) is 12.4 Å². The van der Waals surface area contributed by atoms with Crippen molar-refractivity contribution in [3.63, 3.8) is 0 Å². The number of rotatable bonds is 8. The summed E-state index contributed by atoms with van der Waals surface area (Å²) in [6.07, 6.45) is 8.59. The van der Waals surface area contributed by atoms with E-state index in [-0.39, 0.29) is 0 Å². The molecular formula is C14H27N3. The molecule has 1 N–H and O–H groups in total. The minimum atomic E-state index is 0.622. The summed E-state index contributed by atoms with van der Waals surface area (Å²) in [7, 11) is 2.07. The van der Waals surface area contributed by atoms with Gasteiger partial charge in [0.1, 0.15) is 5.82 Å². The molecule has 2 unspecified atom stereocenters. The van der Waals surface area contributed by atoms with Gasteiger partial charge >= 0.3 is 0 Å². The summed E-state index contributed by atoms with van der Waals surface area (Å²) in [5.41, 5.74) is 0. The van der Waals surface area contributed by atoms with Crippen LogP contribution in [0.4, 0.5) is 0 Å². The van der Waals surface area contributed by atoms with E-state index in [1.165, 1.54) is 25.1 Å². The van der Waals surface area contributed by atoms with Crippen molar-refractivity contribution < 1.29 is 0 Å². The highest BCUT2D eigenvalue weighted by Crippen LogP contribution is 2.13. The predicted molar refractivity (Wildman–Crippen MR) is 73.1 cm³/mol. The van der Waals surface area contributed by atoms with Crippen molar-refractivity contribution in [2.45, 2.75) is 52.5 Å². The second-order valence-electron chi connectivity index (χ2n) is 4.94. The number of nitrogens with one attached hydrogen (secondary N) is 1. The Morgan fingerprint density at radius 1 is 1.41 bits per heavy atom. The fraction of sp³-hybridized carbons (Fsp3) is 0.786. The standard InChI is InChI=1S/C14H27N3/c1-5-9-15-13(12(3)6-2)7-8-14-16-10-11-17(14)4/h10-13,15H,5-9H2,1-4H3. The largest absolute Gasteiger partial charge is 0.338 e. The van der Waals surface area contributed by atoms with Crippen LogP contribution in [0.1, 0.15) is 45.9 Å². The number of aromatic nitrogens is 2. The molecule has 0 spiro atoms. The summed E-state index contributed by atoms with van der Waals surface area (Å²) in [5.74, 6) is 1.93. The molecule has 1 aromatic heterocycles. The van der Waals surface area contributed by atoms with E-state index in [0.29, 0.717) is 6.04 Å². The molecule has 0 saturated carbocycles. The lowest BCUT2D eigenvalue weighted by Gasteiger charge is -2.24. The molecule has 0 saturated heterocycles. The number of hydrogen-bond acceptors (Lipinski definition) is 2. The molecule has 17 heavy (non-hydrogen) atoms. The quantitative estimate of drug-likeness (QED) is 0.753. The molecule has 0 fully saturated rings. The molecule has 1 rings (SSSR count). The van der Waals surface area contributed by atoms with Crippen molar-refractivity contribution in [2.24, 2.45) is 13.0 Å². The lowest BCUT2D eigenvalue weighted by Crippen LogP contribution is -2.36. The zero-order valence-electron chi connectivity index (χ0n) is 11.7. The predicted octanol–water partition coefficient (Wildman–Crippen LogP) is 2.77. The summed E-state index contributed by atoms with van der Waals surface area (Å²) in [6.45, 7) is 7.95. The van der Waals surface area contributed by atoms with Crippen molar-refractivity contribution in [1.29, 1.82) is 0 Å². The van der Waals surface area contributed by atoms with Gasteiger partial charge in [-0.1, -0.05) is 27.2 Å². The fourth-order valence-corrected chi connectivity index (χ4v) is 2.12. The van der Waals surface area contributed by atoms with E-state index in [4.69, 9.17) is 0 Å². The number of imidazole rings is 1. The van der Waals surface area contributed by atoms with Crippen LogP contribution in [0.2, 0.25) is 0 Å². The smallest absolute Gasteiger partial charge is 0.108 e. The normalized spacial score (nSPS) is 14.8. The molecular weight excluding hydrogens is 210 g/mol. The number of hydrogen-bond donors (Lipinski definition) is 1. The Bertz CT molecular complexity index is 306. The minimum Gasteiger partial charge on any atom is -0.338 e. The molecule has 3 nitrogen and oxygen atoms in total. The Morgan fingerprint density at radius 3 is 2.71 bits per heavy atom. The van der Waals surface area contributed by atoms with Crippen LogP contribution in [0.3, 0.4) is 0 Å². The highest BCUT2D eigenvalue weighted by molar-refractivity contribution is 4.92. The van der Waals surface area contributed by atoms with E-state index < -0.39 is 0 Å². The second-order valence-corrected chi connectivity index (χ2v) is 4.94. The molecule has 0 bridgehead atoms. The van der Waals surface area contributed by atoms with Crippen molar-refractivity contribution in [3.8, 4) is 0 Å². The lowest BCUT2D eigenvalue weighted by molar-refractivity contribution is 0.346. The van der Waals surface area contributed by atoms with Gasteiger partial charge in [-0.2, -0.15) is 0 Å². The number of aryl methyl sites for hydroxylation is 2. The van der Waals surface area contributed by atoms with Crippen LogP contribution in [0, 0.1) is 5.92 Å². The summed E-state index contributed by atoms with van der Waals surface area (Å²) in [5, 5.41) is 3.66. The Hall–Kier alpha value is -0.830. The van der Waals surface area contributed by atoms with E-state index in [0.717, 1.165) is 18.9 Å². The summed E-state index contributed by atoms with van der Waals surface area (Å²) < 4.78 is 2.12. The average molecular weight is 237 g/mol. The van der Waals surface area contributed by atoms with Crippen LogP contribution >= 0.6 is 0 Å². The molecule has 1 heterocycles. The lowest BCUT2D eigenvalue weighted by atomic mass is 9.95. The maximum Gasteiger partial charge on any atom is 0.108 e. The van der Waals surface area contributed by atoms with Crippen molar-refractivity contribution in [3.05, 3.63) is 18.2 Å². The van der Waals surface area contributed by atoms with E-state index >= 15 is 0 Å². The second kappa shape index (κ2) is 7.49. The third-order valence-electron chi connectivity index (χ3n) is 3.59. The van der Waals surface area contributed by atoms with Crippen molar-refractivity contribution in [1.82, 2.24) is 14.9 Å². The third kappa shape index (κ3) is 4.50. The van der Waals surface area contributed by atoms with Gasteiger partial charge < -0.3 is 9.88 Å². The van der Waals surface area contributed by atoms with Gasteiger partial charge in [0.25, 0.3) is 0 Å². The Labute approximate surface area is 106 Å². The molecule has 1 aromatic rings. The molecule has 0 aliphatic carbocycles. The van der Waals surface area contributed by atoms with Gasteiger partial charge in [0.2, 0.25) is 0 Å². The van der Waals surface area contributed by atoms with Crippen LogP contribution in [-0.4, -0.2) is 22.1 Å². The van der Waals surface area contributed by atoms with Gasteiger partial charge in [-0.3, -0.25) is 0 Å². The van der Waals surface area contributed by atoms with E-state index in [1.54, 1.807) is 0 Å². The molecule has 0 radical (unpaired) electrons. The van der Waals surface area contributed by atoms with Crippen LogP contribution in [0.25, 0.3) is 0 Å². The Balaban J connectivity index is 2.45. The zero-order chi connectivity index (χ0) is 12.7. The van der Waals surface area contributed by atoms with Crippen LogP contribution in [0.5, 0.6) is 0 Å². The molecule has 0 aromatic carbocycles. The third-order valence-corrected chi connectivity index (χ3v) is 3.59.